The van der Waals surface area contributed by atoms with E-state index in [-0.39, 0.29) is 5.56 Å². The zero-order valence-electron chi connectivity index (χ0n) is 10.6. The lowest BCUT2D eigenvalue weighted by molar-refractivity contribution is 0.0600. The molecule has 7 nitrogen and oxygen atoms in total. The summed E-state index contributed by atoms with van der Waals surface area (Å²) in [6.07, 6.45) is 2.87. The molecule has 2 aromatic heterocycles. The minimum Gasteiger partial charge on any atom is -0.465 e. The highest BCUT2D eigenvalue weighted by Crippen LogP contribution is 2.22. The molecule has 0 aromatic carbocycles. The van der Waals surface area contributed by atoms with Crippen molar-refractivity contribution in [3.8, 4) is 0 Å². The van der Waals surface area contributed by atoms with Gasteiger partial charge >= 0.3 is 5.97 Å². The molecular formula is C13H11N5O2. The number of pyridine rings is 2. The van der Waals surface area contributed by atoms with Crippen LogP contribution in [0.4, 0.5) is 23.0 Å². The van der Waals surface area contributed by atoms with Gasteiger partial charge in [-0.25, -0.2) is 9.78 Å². The molecule has 0 fully saturated rings. The van der Waals surface area contributed by atoms with Crippen molar-refractivity contribution in [3.05, 3.63) is 47.6 Å². The van der Waals surface area contributed by atoms with Crippen LogP contribution < -0.4 is 11.1 Å². The molecule has 0 spiro atoms. The van der Waals surface area contributed by atoms with Crippen LogP contribution in [0.3, 0.4) is 0 Å². The molecule has 0 atom stereocenters. The van der Waals surface area contributed by atoms with Gasteiger partial charge in [-0.2, -0.15) is 0 Å². The standard InChI is InChI=1S/C13H11N5O2/c1-15-11-4-3-9(7-16-11)18-12-10(14)5-8(6-17-12)13(19)20-2/h3-7H,14H2,2H3,(H,17,18). The Morgan fingerprint density at radius 3 is 2.75 bits per heavy atom. The maximum atomic E-state index is 11.3. The van der Waals surface area contributed by atoms with Gasteiger partial charge in [-0.05, 0) is 18.2 Å². The highest BCUT2D eigenvalue weighted by molar-refractivity contribution is 5.91. The monoisotopic (exact) mass is 269 g/mol. The number of nitrogens with two attached hydrogens (primary N) is 1. The van der Waals surface area contributed by atoms with Gasteiger partial charge in [0, 0.05) is 6.20 Å². The van der Waals surface area contributed by atoms with E-state index in [4.69, 9.17) is 12.3 Å². The lowest BCUT2D eigenvalue weighted by atomic mass is 10.2. The summed E-state index contributed by atoms with van der Waals surface area (Å²) in [7, 11) is 1.29. The Morgan fingerprint density at radius 1 is 1.40 bits per heavy atom. The van der Waals surface area contributed by atoms with Gasteiger partial charge in [0.15, 0.2) is 5.82 Å². The van der Waals surface area contributed by atoms with Gasteiger partial charge in [0.2, 0.25) is 0 Å². The predicted octanol–water partition coefficient (Wildman–Crippen LogP) is 2.14. The zero-order chi connectivity index (χ0) is 14.5. The number of nitrogen functional groups attached to an aromatic ring is 1. The van der Waals surface area contributed by atoms with Crippen molar-refractivity contribution in [2.24, 2.45) is 0 Å². The molecule has 0 amide bonds. The summed E-state index contributed by atoms with van der Waals surface area (Å²) in [5.74, 6) is 0.200. The summed E-state index contributed by atoms with van der Waals surface area (Å²) >= 11 is 0. The van der Waals surface area contributed by atoms with Crippen molar-refractivity contribution in [2.75, 3.05) is 18.2 Å². The number of anilines is 3. The Morgan fingerprint density at radius 2 is 2.20 bits per heavy atom. The van der Waals surface area contributed by atoms with Gasteiger partial charge in [-0.3, -0.25) is 0 Å². The zero-order valence-corrected chi connectivity index (χ0v) is 10.6. The minimum atomic E-state index is -0.501. The third-order valence-corrected chi connectivity index (χ3v) is 2.46. The van der Waals surface area contributed by atoms with Crippen molar-refractivity contribution < 1.29 is 9.53 Å². The first kappa shape index (κ1) is 13.3. The van der Waals surface area contributed by atoms with E-state index < -0.39 is 5.97 Å². The van der Waals surface area contributed by atoms with Gasteiger partial charge in [-0.15, -0.1) is 4.98 Å². The lowest BCUT2D eigenvalue weighted by Crippen LogP contribution is -2.05. The number of nitrogens with one attached hydrogen (secondary N) is 1. The molecular weight excluding hydrogens is 258 g/mol. The SMILES string of the molecule is [C-]#[N+]c1ccc(Nc2ncc(C(=O)OC)cc2N)cn1. The highest BCUT2D eigenvalue weighted by atomic mass is 16.5. The van der Waals surface area contributed by atoms with Crippen LogP contribution in [0.1, 0.15) is 10.4 Å². The number of nitrogens with zero attached hydrogens (tertiary/aromatic N) is 3. The topological polar surface area (TPSA) is 94.5 Å². The second-order valence-electron chi connectivity index (χ2n) is 3.80. The first-order valence-electron chi connectivity index (χ1n) is 5.58. The fourth-order valence-electron chi connectivity index (χ4n) is 1.48. The lowest BCUT2D eigenvalue weighted by Gasteiger charge is -2.08. The minimum absolute atomic E-state index is 0.275. The van der Waals surface area contributed by atoms with E-state index >= 15 is 0 Å². The van der Waals surface area contributed by atoms with E-state index in [0.717, 1.165) is 0 Å². The van der Waals surface area contributed by atoms with Crippen LogP contribution in [0.25, 0.3) is 4.85 Å². The predicted molar refractivity (Wildman–Crippen MR) is 73.8 cm³/mol. The molecule has 0 aliphatic rings. The molecule has 0 unspecified atom stereocenters. The van der Waals surface area contributed by atoms with Gasteiger partial charge in [0.05, 0.1) is 24.0 Å². The second kappa shape index (κ2) is 5.67. The third kappa shape index (κ3) is 2.81. The Balaban J connectivity index is 2.21. The molecule has 100 valence electrons. The highest BCUT2D eigenvalue weighted by Gasteiger charge is 2.10. The molecule has 2 heterocycles. The molecule has 0 saturated carbocycles. The summed E-state index contributed by atoms with van der Waals surface area (Å²) in [6.45, 7) is 6.82. The molecule has 7 heteroatoms. The van der Waals surface area contributed by atoms with Gasteiger partial charge < -0.3 is 20.6 Å². The Hall–Kier alpha value is -3.14. The first-order valence-corrected chi connectivity index (χ1v) is 5.58. The fraction of sp³-hybridized carbons (Fsp3) is 0.0769. The quantitative estimate of drug-likeness (QED) is 0.654. The molecule has 0 aliphatic carbocycles. The number of esters is 1. The average molecular weight is 269 g/mol. The largest absolute Gasteiger partial charge is 0.465 e. The number of rotatable bonds is 3. The van der Waals surface area contributed by atoms with Crippen molar-refractivity contribution in [1.82, 2.24) is 9.97 Å². The van der Waals surface area contributed by atoms with Crippen molar-refractivity contribution in [2.45, 2.75) is 0 Å². The maximum Gasteiger partial charge on any atom is 0.339 e. The normalized spacial score (nSPS) is 9.60. The smallest absolute Gasteiger partial charge is 0.339 e. The van der Waals surface area contributed by atoms with Crippen LogP contribution in [0.5, 0.6) is 0 Å². The molecule has 0 saturated heterocycles. The van der Waals surface area contributed by atoms with Crippen LogP contribution in [-0.2, 0) is 4.74 Å². The van der Waals surface area contributed by atoms with E-state index in [1.807, 2.05) is 0 Å². The number of methoxy groups -OCH3 is 1. The van der Waals surface area contributed by atoms with Crippen molar-refractivity contribution in [3.63, 3.8) is 0 Å². The van der Waals surface area contributed by atoms with Crippen LogP contribution >= 0.6 is 0 Å². The molecule has 0 radical (unpaired) electrons. The van der Waals surface area contributed by atoms with E-state index in [1.165, 1.54) is 25.6 Å². The molecule has 2 aromatic rings. The van der Waals surface area contributed by atoms with Crippen LogP contribution in [0.15, 0.2) is 30.6 Å². The maximum absolute atomic E-state index is 11.3. The summed E-state index contributed by atoms with van der Waals surface area (Å²) in [5, 5.41) is 2.95. The Bertz CT molecular complexity index is 676. The van der Waals surface area contributed by atoms with Crippen molar-refractivity contribution >= 4 is 29.0 Å². The Kier molecular flexibility index (Phi) is 3.77. The number of carbonyl (C=O) groups is 1. The summed E-state index contributed by atoms with van der Waals surface area (Å²) < 4.78 is 4.58. The number of aromatic nitrogens is 2. The van der Waals surface area contributed by atoms with Gasteiger partial charge in [-0.1, -0.05) is 6.57 Å². The fourth-order valence-corrected chi connectivity index (χ4v) is 1.48. The molecule has 0 bridgehead atoms. The van der Waals surface area contributed by atoms with Crippen LogP contribution in [0.2, 0.25) is 0 Å². The molecule has 20 heavy (non-hydrogen) atoms. The molecule has 3 N–H and O–H groups in total. The number of ether oxygens (including phenoxy) is 1. The van der Waals surface area contributed by atoms with Gasteiger partial charge in [0.1, 0.15) is 6.20 Å². The average Bonchev–Trinajstić information content (AvgIpc) is 2.49. The van der Waals surface area contributed by atoms with E-state index in [9.17, 15) is 4.79 Å². The van der Waals surface area contributed by atoms with Gasteiger partial charge in [0.25, 0.3) is 5.82 Å². The van der Waals surface area contributed by atoms with Crippen LogP contribution in [-0.4, -0.2) is 23.0 Å². The number of carbonyl (C=O) groups excluding carboxylic acids is 1. The van der Waals surface area contributed by atoms with Crippen molar-refractivity contribution in [1.29, 1.82) is 0 Å². The summed E-state index contributed by atoms with van der Waals surface area (Å²) in [6, 6.07) is 4.74. The number of hydrogen-bond donors (Lipinski definition) is 2. The third-order valence-electron chi connectivity index (χ3n) is 2.46. The van der Waals surface area contributed by atoms with Crippen LogP contribution in [0, 0.1) is 6.57 Å². The van der Waals surface area contributed by atoms with E-state index in [2.05, 4.69) is 24.9 Å². The Labute approximate surface area is 115 Å². The number of hydrogen-bond acceptors (Lipinski definition) is 6. The first-order chi connectivity index (χ1) is 9.63. The van der Waals surface area contributed by atoms with E-state index in [0.29, 0.717) is 23.0 Å². The molecule has 2 rings (SSSR count). The second-order valence-corrected chi connectivity index (χ2v) is 3.80. The summed E-state index contributed by atoms with van der Waals surface area (Å²) in [5.41, 5.74) is 7.04. The summed E-state index contributed by atoms with van der Waals surface area (Å²) in [4.78, 5) is 22.5. The van der Waals surface area contributed by atoms with E-state index in [1.54, 1.807) is 12.1 Å². The molecule has 0 aliphatic heterocycles.